The van der Waals surface area contributed by atoms with Gasteiger partial charge in [0.05, 0.1) is 18.7 Å². The van der Waals surface area contributed by atoms with Crippen molar-refractivity contribution in [3.05, 3.63) is 59.2 Å². The standard InChI is InChI=1S/C16H15NO2/c1-12-6-7-16(18-2)14(8-12)11-19-15-5-3-4-13(9-15)10-17/h3-9H,11H2,1-2H3. The summed E-state index contributed by atoms with van der Waals surface area (Å²) in [7, 11) is 1.64. The van der Waals surface area contributed by atoms with E-state index >= 15 is 0 Å². The third-order valence-corrected chi connectivity index (χ3v) is 2.79. The van der Waals surface area contributed by atoms with Gasteiger partial charge in [-0.05, 0) is 37.3 Å². The Balaban J connectivity index is 2.14. The highest BCUT2D eigenvalue weighted by Crippen LogP contribution is 2.22. The molecule has 0 aromatic heterocycles. The van der Waals surface area contributed by atoms with Gasteiger partial charge in [-0.25, -0.2) is 0 Å². The van der Waals surface area contributed by atoms with E-state index in [0.29, 0.717) is 17.9 Å². The Labute approximate surface area is 113 Å². The van der Waals surface area contributed by atoms with Crippen molar-refractivity contribution in [1.82, 2.24) is 0 Å². The van der Waals surface area contributed by atoms with E-state index in [0.717, 1.165) is 16.9 Å². The van der Waals surface area contributed by atoms with Crippen molar-refractivity contribution >= 4 is 0 Å². The maximum absolute atomic E-state index is 8.84. The van der Waals surface area contributed by atoms with Crippen molar-refractivity contribution in [1.29, 1.82) is 5.26 Å². The minimum absolute atomic E-state index is 0.416. The van der Waals surface area contributed by atoms with Crippen molar-refractivity contribution in [2.45, 2.75) is 13.5 Å². The van der Waals surface area contributed by atoms with Crippen LogP contribution in [-0.2, 0) is 6.61 Å². The Hall–Kier alpha value is -2.47. The van der Waals surface area contributed by atoms with Crippen LogP contribution in [0.1, 0.15) is 16.7 Å². The van der Waals surface area contributed by atoms with Gasteiger partial charge in [-0.15, -0.1) is 0 Å². The second-order valence-corrected chi connectivity index (χ2v) is 4.24. The Morgan fingerprint density at radius 2 is 2.00 bits per heavy atom. The molecule has 0 heterocycles. The van der Waals surface area contributed by atoms with E-state index in [-0.39, 0.29) is 0 Å². The number of hydrogen-bond donors (Lipinski definition) is 0. The van der Waals surface area contributed by atoms with Crippen LogP contribution in [-0.4, -0.2) is 7.11 Å². The van der Waals surface area contributed by atoms with E-state index in [1.54, 1.807) is 25.3 Å². The second kappa shape index (κ2) is 5.92. The van der Waals surface area contributed by atoms with Gasteiger partial charge < -0.3 is 9.47 Å². The van der Waals surface area contributed by atoms with Crippen molar-refractivity contribution in [3.8, 4) is 17.6 Å². The molecule has 19 heavy (non-hydrogen) atoms. The van der Waals surface area contributed by atoms with Crippen LogP contribution in [0.25, 0.3) is 0 Å². The molecule has 0 saturated heterocycles. The van der Waals surface area contributed by atoms with Crippen LogP contribution in [0.2, 0.25) is 0 Å². The van der Waals surface area contributed by atoms with Crippen molar-refractivity contribution < 1.29 is 9.47 Å². The summed E-state index contributed by atoms with van der Waals surface area (Å²) in [5.41, 5.74) is 2.74. The average Bonchev–Trinajstić information content (AvgIpc) is 2.45. The zero-order valence-corrected chi connectivity index (χ0v) is 11.0. The van der Waals surface area contributed by atoms with Gasteiger partial charge in [0.1, 0.15) is 18.1 Å². The lowest BCUT2D eigenvalue weighted by molar-refractivity contribution is 0.296. The number of ether oxygens (including phenoxy) is 2. The lowest BCUT2D eigenvalue weighted by atomic mass is 10.1. The number of benzene rings is 2. The fourth-order valence-corrected chi connectivity index (χ4v) is 1.84. The fraction of sp³-hybridized carbons (Fsp3) is 0.188. The first-order chi connectivity index (χ1) is 9.22. The minimum atomic E-state index is 0.416. The molecule has 0 radical (unpaired) electrons. The monoisotopic (exact) mass is 253 g/mol. The Bertz CT molecular complexity index is 614. The van der Waals surface area contributed by atoms with E-state index in [1.165, 1.54) is 0 Å². The quantitative estimate of drug-likeness (QED) is 0.838. The number of nitrogens with zero attached hydrogens (tertiary/aromatic N) is 1. The van der Waals surface area contributed by atoms with E-state index in [9.17, 15) is 0 Å². The molecule has 2 aromatic carbocycles. The Morgan fingerprint density at radius 3 is 2.74 bits per heavy atom. The zero-order valence-electron chi connectivity index (χ0n) is 11.0. The summed E-state index contributed by atoms with van der Waals surface area (Å²) >= 11 is 0. The van der Waals surface area contributed by atoms with Gasteiger partial charge in [-0.3, -0.25) is 0 Å². The third kappa shape index (κ3) is 3.26. The lowest BCUT2D eigenvalue weighted by Crippen LogP contribution is -1.99. The molecule has 3 nitrogen and oxygen atoms in total. The van der Waals surface area contributed by atoms with Gasteiger partial charge in [-0.2, -0.15) is 5.26 Å². The van der Waals surface area contributed by atoms with Gasteiger partial charge in [0.15, 0.2) is 0 Å². The first-order valence-corrected chi connectivity index (χ1v) is 5.99. The van der Waals surface area contributed by atoms with Gasteiger partial charge in [0.25, 0.3) is 0 Å². The molecule has 0 fully saturated rings. The van der Waals surface area contributed by atoms with Gasteiger partial charge in [0.2, 0.25) is 0 Å². The summed E-state index contributed by atoms with van der Waals surface area (Å²) in [6, 6.07) is 15.2. The van der Waals surface area contributed by atoms with Gasteiger partial charge in [-0.1, -0.05) is 17.7 Å². The minimum Gasteiger partial charge on any atom is -0.496 e. The van der Waals surface area contributed by atoms with Crippen LogP contribution in [0.3, 0.4) is 0 Å². The molecule has 0 spiro atoms. The lowest BCUT2D eigenvalue weighted by Gasteiger charge is -2.11. The average molecular weight is 253 g/mol. The summed E-state index contributed by atoms with van der Waals surface area (Å²) in [6.07, 6.45) is 0. The van der Waals surface area contributed by atoms with Crippen LogP contribution in [0.15, 0.2) is 42.5 Å². The van der Waals surface area contributed by atoms with Crippen LogP contribution < -0.4 is 9.47 Å². The van der Waals surface area contributed by atoms with E-state index < -0.39 is 0 Å². The molecular weight excluding hydrogens is 238 g/mol. The van der Waals surface area contributed by atoms with Crippen molar-refractivity contribution in [2.24, 2.45) is 0 Å². The molecule has 3 heteroatoms. The molecule has 2 aromatic rings. The number of rotatable bonds is 4. The maximum Gasteiger partial charge on any atom is 0.125 e. The summed E-state index contributed by atoms with van der Waals surface area (Å²) in [6.45, 7) is 2.44. The van der Waals surface area contributed by atoms with Crippen LogP contribution >= 0.6 is 0 Å². The first kappa shape index (κ1) is 13.0. The number of hydrogen-bond acceptors (Lipinski definition) is 3. The highest BCUT2D eigenvalue weighted by atomic mass is 16.5. The molecule has 0 amide bonds. The van der Waals surface area contributed by atoms with Crippen LogP contribution in [0.5, 0.6) is 11.5 Å². The van der Waals surface area contributed by atoms with Crippen molar-refractivity contribution in [3.63, 3.8) is 0 Å². The number of aryl methyl sites for hydroxylation is 1. The molecule has 0 bridgehead atoms. The van der Waals surface area contributed by atoms with Gasteiger partial charge >= 0.3 is 0 Å². The normalized spacial score (nSPS) is 9.74. The number of methoxy groups -OCH3 is 1. The first-order valence-electron chi connectivity index (χ1n) is 5.99. The molecule has 0 atom stereocenters. The number of nitriles is 1. The summed E-state index contributed by atoms with van der Waals surface area (Å²) < 4.78 is 11.0. The largest absolute Gasteiger partial charge is 0.496 e. The highest BCUT2D eigenvalue weighted by molar-refractivity contribution is 5.38. The van der Waals surface area contributed by atoms with E-state index in [1.807, 2.05) is 31.2 Å². The molecule has 0 N–H and O–H groups in total. The molecule has 0 aliphatic carbocycles. The van der Waals surface area contributed by atoms with E-state index in [4.69, 9.17) is 14.7 Å². The second-order valence-electron chi connectivity index (χ2n) is 4.24. The molecule has 0 aliphatic rings. The SMILES string of the molecule is COc1ccc(C)cc1COc1cccc(C#N)c1. The molecule has 0 saturated carbocycles. The molecule has 0 unspecified atom stereocenters. The fourth-order valence-electron chi connectivity index (χ4n) is 1.84. The van der Waals surface area contributed by atoms with E-state index in [2.05, 4.69) is 6.07 Å². The summed E-state index contributed by atoms with van der Waals surface area (Å²) in [4.78, 5) is 0. The molecule has 96 valence electrons. The smallest absolute Gasteiger partial charge is 0.125 e. The summed E-state index contributed by atoms with van der Waals surface area (Å²) in [5.74, 6) is 1.49. The third-order valence-electron chi connectivity index (χ3n) is 2.79. The van der Waals surface area contributed by atoms with Crippen LogP contribution in [0.4, 0.5) is 0 Å². The Morgan fingerprint density at radius 1 is 1.16 bits per heavy atom. The maximum atomic E-state index is 8.84. The predicted octanol–water partition coefficient (Wildman–Crippen LogP) is 3.45. The zero-order chi connectivity index (χ0) is 13.7. The Kier molecular flexibility index (Phi) is 4.04. The summed E-state index contributed by atoms with van der Waals surface area (Å²) in [5, 5.41) is 8.84. The van der Waals surface area contributed by atoms with Gasteiger partial charge in [0, 0.05) is 5.56 Å². The van der Waals surface area contributed by atoms with Crippen molar-refractivity contribution in [2.75, 3.05) is 7.11 Å². The molecular formula is C16H15NO2. The predicted molar refractivity (Wildman–Crippen MR) is 73.2 cm³/mol. The topological polar surface area (TPSA) is 42.2 Å². The van der Waals surface area contributed by atoms with Crippen LogP contribution in [0, 0.1) is 18.3 Å². The highest BCUT2D eigenvalue weighted by Gasteiger charge is 2.04. The molecule has 0 aliphatic heterocycles. The molecule has 2 rings (SSSR count).